The minimum Gasteiger partial charge on any atom is -0.369 e. The van der Waals surface area contributed by atoms with Crippen LogP contribution in [0.4, 0.5) is 0 Å². The molecule has 1 saturated carbocycles. The van der Waals surface area contributed by atoms with Crippen LogP contribution in [-0.4, -0.2) is 5.91 Å². The molecule has 1 aliphatic carbocycles. The Labute approximate surface area is 77.8 Å². The Balaban J connectivity index is 2.21. The minimum absolute atomic E-state index is 0.179. The lowest BCUT2D eigenvalue weighted by atomic mass is 10.0. The standard InChI is InChI=1S/C11H13NO/c1-11(10(12)13)7-9(11)8-5-3-2-4-6-8/h2-6,9H,7H2,1H3,(H2,12,13). The van der Waals surface area contributed by atoms with Gasteiger partial charge in [-0.15, -0.1) is 0 Å². The highest BCUT2D eigenvalue weighted by Crippen LogP contribution is 2.58. The molecular weight excluding hydrogens is 162 g/mol. The molecule has 1 aromatic carbocycles. The van der Waals surface area contributed by atoms with Crippen molar-refractivity contribution < 1.29 is 4.79 Å². The van der Waals surface area contributed by atoms with Gasteiger partial charge in [-0.05, 0) is 17.9 Å². The Bertz CT molecular complexity index is 333. The van der Waals surface area contributed by atoms with E-state index in [2.05, 4.69) is 12.1 Å². The highest BCUT2D eigenvalue weighted by molar-refractivity contribution is 5.85. The van der Waals surface area contributed by atoms with Gasteiger partial charge >= 0.3 is 0 Å². The maximum atomic E-state index is 11.1. The number of amides is 1. The van der Waals surface area contributed by atoms with Gasteiger partial charge in [0.1, 0.15) is 0 Å². The SMILES string of the molecule is CC1(C(N)=O)CC1c1ccccc1. The first kappa shape index (κ1) is 8.30. The summed E-state index contributed by atoms with van der Waals surface area (Å²) in [6.45, 7) is 1.94. The summed E-state index contributed by atoms with van der Waals surface area (Å²) in [4.78, 5) is 11.1. The highest BCUT2D eigenvalue weighted by Gasteiger charge is 2.55. The molecular formula is C11H13NO. The topological polar surface area (TPSA) is 43.1 Å². The number of carbonyl (C=O) groups is 1. The van der Waals surface area contributed by atoms with Crippen LogP contribution >= 0.6 is 0 Å². The molecule has 0 aromatic heterocycles. The molecule has 2 N–H and O–H groups in total. The zero-order chi connectivity index (χ0) is 9.47. The van der Waals surface area contributed by atoms with Crippen LogP contribution < -0.4 is 5.73 Å². The lowest BCUT2D eigenvalue weighted by Crippen LogP contribution is -2.23. The van der Waals surface area contributed by atoms with Gasteiger partial charge in [0, 0.05) is 0 Å². The Hall–Kier alpha value is -1.31. The number of benzene rings is 1. The van der Waals surface area contributed by atoms with Crippen LogP contribution in [0.15, 0.2) is 30.3 Å². The van der Waals surface area contributed by atoms with Gasteiger partial charge in [0.15, 0.2) is 0 Å². The van der Waals surface area contributed by atoms with Crippen molar-refractivity contribution in [2.24, 2.45) is 11.1 Å². The van der Waals surface area contributed by atoms with E-state index in [1.165, 1.54) is 5.56 Å². The Kier molecular flexibility index (Phi) is 1.65. The third-order valence-corrected chi connectivity index (χ3v) is 3.00. The quantitative estimate of drug-likeness (QED) is 0.730. The molecule has 2 unspecified atom stereocenters. The molecule has 1 fully saturated rings. The summed E-state index contributed by atoms with van der Waals surface area (Å²) in [7, 11) is 0. The monoisotopic (exact) mass is 175 g/mol. The van der Waals surface area contributed by atoms with E-state index in [1.807, 2.05) is 25.1 Å². The molecule has 13 heavy (non-hydrogen) atoms. The zero-order valence-electron chi connectivity index (χ0n) is 7.66. The van der Waals surface area contributed by atoms with Gasteiger partial charge in [-0.25, -0.2) is 0 Å². The highest BCUT2D eigenvalue weighted by atomic mass is 16.1. The Morgan fingerprint density at radius 2 is 2.08 bits per heavy atom. The van der Waals surface area contributed by atoms with Crippen LogP contribution in [0.2, 0.25) is 0 Å². The summed E-state index contributed by atoms with van der Waals surface area (Å²) in [6.07, 6.45) is 0.895. The van der Waals surface area contributed by atoms with Crippen LogP contribution in [-0.2, 0) is 4.79 Å². The van der Waals surface area contributed by atoms with Crippen LogP contribution in [0.25, 0.3) is 0 Å². The van der Waals surface area contributed by atoms with Crippen molar-refractivity contribution in [1.29, 1.82) is 0 Å². The summed E-state index contributed by atoms with van der Waals surface area (Å²) in [5.41, 5.74) is 6.26. The first-order valence-electron chi connectivity index (χ1n) is 4.49. The summed E-state index contributed by atoms with van der Waals surface area (Å²) in [6, 6.07) is 10.1. The first-order chi connectivity index (χ1) is 6.14. The molecule has 68 valence electrons. The van der Waals surface area contributed by atoms with Gasteiger partial charge in [0.25, 0.3) is 0 Å². The van der Waals surface area contributed by atoms with Gasteiger partial charge in [-0.2, -0.15) is 0 Å². The molecule has 0 radical (unpaired) electrons. The van der Waals surface area contributed by atoms with E-state index in [0.717, 1.165) is 6.42 Å². The summed E-state index contributed by atoms with van der Waals surface area (Å²) in [5, 5.41) is 0. The van der Waals surface area contributed by atoms with Crippen LogP contribution in [0.5, 0.6) is 0 Å². The maximum Gasteiger partial charge on any atom is 0.223 e. The van der Waals surface area contributed by atoms with E-state index in [0.29, 0.717) is 5.92 Å². The Morgan fingerprint density at radius 1 is 1.46 bits per heavy atom. The maximum absolute atomic E-state index is 11.1. The predicted molar refractivity (Wildman–Crippen MR) is 51.1 cm³/mol. The summed E-state index contributed by atoms with van der Waals surface area (Å²) < 4.78 is 0. The van der Waals surface area contributed by atoms with E-state index < -0.39 is 0 Å². The minimum atomic E-state index is -0.290. The molecule has 0 saturated heterocycles. The van der Waals surface area contributed by atoms with E-state index >= 15 is 0 Å². The number of hydrogen-bond acceptors (Lipinski definition) is 1. The van der Waals surface area contributed by atoms with Crippen molar-refractivity contribution >= 4 is 5.91 Å². The van der Waals surface area contributed by atoms with Crippen molar-refractivity contribution in [1.82, 2.24) is 0 Å². The second-order valence-corrected chi connectivity index (χ2v) is 3.95. The van der Waals surface area contributed by atoms with E-state index in [4.69, 9.17) is 5.73 Å². The van der Waals surface area contributed by atoms with E-state index in [-0.39, 0.29) is 11.3 Å². The van der Waals surface area contributed by atoms with Crippen molar-refractivity contribution in [2.75, 3.05) is 0 Å². The van der Waals surface area contributed by atoms with E-state index in [1.54, 1.807) is 0 Å². The van der Waals surface area contributed by atoms with Gasteiger partial charge < -0.3 is 5.73 Å². The fourth-order valence-electron chi connectivity index (χ4n) is 1.81. The molecule has 2 nitrogen and oxygen atoms in total. The third-order valence-electron chi connectivity index (χ3n) is 3.00. The fraction of sp³-hybridized carbons (Fsp3) is 0.364. The lowest BCUT2D eigenvalue weighted by molar-refractivity contribution is -0.122. The average molecular weight is 175 g/mol. The van der Waals surface area contributed by atoms with Crippen LogP contribution in [0, 0.1) is 5.41 Å². The second-order valence-electron chi connectivity index (χ2n) is 3.95. The average Bonchev–Trinajstić information content (AvgIpc) is 2.81. The fourth-order valence-corrected chi connectivity index (χ4v) is 1.81. The van der Waals surface area contributed by atoms with Gasteiger partial charge in [-0.1, -0.05) is 37.3 Å². The van der Waals surface area contributed by atoms with Crippen molar-refractivity contribution in [3.05, 3.63) is 35.9 Å². The number of rotatable bonds is 2. The molecule has 2 atom stereocenters. The normalized spacial score (nSPS) is 31.3. The van der Waals surface area contributed by atoms with Crippen molar-refractivity contribution in [3.63, 3.8) is 0 Å². The summed E-state index contributed by atoms with van der Waals surface area (Å²) in [5.74, 6) is 0.160. The molecule has 1 aliphatic rings. The molecule has 0 aliphatic heterocycles. The molecule has 0 bridgehead atoms. The lowest BCUT2D eigenvalue weighted by Gasteiger charge is -2.05. The van der Waals surface area contributed by atoms with Gasteiger partial charge in [0.05, 0.1) is 5.41 Å². The molecule has 1 aromatic rings. The zero-order valence-corrected chi connectivity index (χ0v) is 7.66. The van der Waals surface area contributed by atoms with Crippen LogP contribution in [0.1, 0.15) is 24.8 Å². The first-order valence-corrected chi connectivity index (χ1v) is 4.49. The number of hydrogen-bond donors (Lipinski definition) is 1. The van der Waals surface area contributed by atoms with E-state index in [9.17, 15) is 4.79 Å². The number of nitrogens with two attached hydrogens (primary N) is 1. The summed E-state index contributed by atoms with van der Waals surface area (Å²) >= 11 is 0. The number of carbonyl (C=O) groups excluding carboxylic acids is 1. The molecule has 2 heteroatoms. The molecule has 0 spiro atoms. The van der Waals surface area contributed by atoms with Crippen molar-refractivity contribution in [2.45, 2.75) is 19.3 Å². The Morgan fingerprint density at radius 3 is 2.54 bits per heavy atom. The van der Waals surface area contributed by atoms with Crippen LogP contribution in [0.3, 0.4) is 0 Å². The van der Waals surface area contributed by atoms with Gasteiger partial charge in [-0.3, -0.25) is 4.79 Å². The smallest absolute Gasteiger partial charge is 0.223 e. The number of primary amides is 1. The molecule has 1 amide bonds. The largest absolute Gasteiger partial charge is 0.369 e. The van der Waals surface area contributed by atoms with Crippen molar-refractivity contribution in [3.8, 4) is 0 Å². The third kappa shape index (κ3) is 1.22. The molecule has 2 rings (SSSR count). The second kappa shape index (κ2) is 2.59. The predicted octanol–water partition coefficient (Wildman–Crippen LogP) is 1.67. The van der Waals surface area contributed by atoms with Gasteiger partial charge in [0.2, 0.25) is 5.91 Å². The molecule has 0 heterocycles.